The molecule has 3 heterocycles. The van der Waals surface area contributed by atoms with Crippen molar-refractivity contribution in [1.82, 2.24) is 14.5 Å². The predicted molar refractivity (Wildman–Crippen MR) is 143 cm³/mol. The molecular formula is C29H28F4N4O5. The van der Waals surface area contributed by atoms with Crippen LogP contribution >= 0.6 is 0 Å². The first kappa shape index (κ1) is 28.6. The minimum atomic E-state index is -4.53. The van der Waals surface area contributed by atoms with E-state index in [4.69, 9.17) is 4.74 Å². The highest BCUT2D eigenvalue weighted by atomic mass is 19.4. The Bertz CT molecular complexity index is 1650. The lowest BCUT2D eigenvalue weighted by Gasteiger charge is -2.36. The van der Waals surface area contributed by atoms with Gasteiger partial charge in [-0.05, 0) is 43.5 Å². The van der Waals surface area contributed by atoms with E-state index in [1.807, 2.05) is 4.90 Å². The summed E-state index contributed by atoms with van der Waals surface area (Å²) in [5.41, 5.74) is -2.67. The van der Waals surface area contributed by atoms with Gasteiger partial charge in [-0.25, -0.2) is 13.8 Å². The molecule has 42 heavy (non-hydrogen) atoms. The van der Waals surface area contributed by atoms with E-state index in [0.717, 1.165) is 25.3 Å². The molecule has 222 valence electrons. The Kier molecular flexibility index (Phi) is 7.02. The van der Waals surface area contributed by atoms with Gasteiger partial charge < -0.3 is 25.0 Å². The monoisotopic (exact) mass is 588 g/mol. The minimum Gasteiger partial charge on any atom is -0.375 e. The van der Waals surface area contributed by atoms with E-state index in [0.29, 0.717) is 23.4 Å². The van der Waals surface area contributed by atoms with Crippen molar-refractivity contribution in [1.29, 1.82) is 0 Å². The average Bonchev–Trinajstić information content (AvgIpc) is 3.18. The summed E-state index contributed by atoms with van der Waals surface area (Å²) in [5.74, 6) is 4.31. The van der Waals surface area contributed by atoms with Gasteiger partial charge in [-0.15, -0.1) is 0 Å². The fourth-order valence-electron chi connectivity index (χ4n) is 5.97. The molecule has 3 aromatic rings. The molecule has 0 bridgehead atoms. The van der Waals surface area contributed by atoms with Gasteiger partial charge in [0.05, 0.1) is 24.1 Å². The number of alkyl halides is 3. The number of benzene rings is 2. The Morgan fingerprint density at radius 2 is 1.83 bits per heavy atom. The Balaban J connectivity index is 1.46. The first-order valence-electron chi connectivity index (χ1n) is 13.6. The van der Waals surface area contributed by atoms with E-state index >= 15 is 4.39 Å². The topological polar surface area (TPSA) is 111 Å². The van der Waals surface area contributed by atoms with Crippen LogP contribution in [0.5, 0.6) is 0 Å². The molecule has 1 aliphatic carbocycles. The van der Waals surface area contributed by atoms with E-state index < -0.39 is 29.2 Å². The summed E-state index contributed by atoms with van der Waals surface area (Å²) < 4.78 is 64.3. The van der Waals surface area contributed by atoms with Crippen LogP contribution < -0.4 is 10.6 Å². The number of hydrogen-bond acceptors (Lipinski definition) is 8. The fraction of sp³-hybridized carbons (Fsp3) is 0.448. The second-order valence-corrected chi connectivity index (χ2v) is 10.9. The lowest BCUT2D eigenvalue weighted by atomic mass is 9.86. The van der Waals surface area contributed by atoms with E-state index in [9.17, 15) is 33.3 Å². The molecule has 3 aliphatic rings. The normalized spacial score (nSPS) is 21.9. The summed E-state index contributed by atoms with van der Waals surface area (Å²) in [7, 11) is 0. The maximum Gasteiger partial charge on any atom is 0.406 e. The summed E-state index contributed by atoms with van der Waals surface area (Å²) in [6.07, 6.45) is -5.50. The smallest absolute Gasteiger partial charge is 0.375 e. The third-order valence-electron chi connectivity index (χ3n) is 8.42. The minimum absolute atomic E-state index is 0.00554. The maximum absolute atomic E-state index is 15.2. The van der Waals surface area contributed by atoms with Crippen molar-refractivity contribution in [3.05, 3.63) is 63.8 Å². The Labute approximate surface area is 237 Å². The highest BCUT2D eigenvalue weighted by Gasteiger charge is 2.58. The van der Waals surface area contributed by atoms with E-state index in [1.54, 1.807) is 18.2 Å². The van der Waals surface area contributed by atoms with Crippen LogP contribution in [-0.4, -0.2) is 68.2 Å². The number of fused-ring (bicyclic) bond motifs is 2. The summed E-state index contributed by atoms with van der Waals surface area (Å²) in [4.78, 5) is 20.1. The zero-order chi connectivity index (χ0) is 29.9. The van der Waals surface area contributed by atoms with Crippen LogP contribution in [-0.2, 0) is 17.4 Å². The van der Waals surface area contributed by atoms with Crippen molar-refractivity contribution in [2.75, 3.05) is 31.1 Å². The third kappa shape index (κ3) is 4.83. The summed E-state index contributed by atoms with van der Waals surface area (Å²) >= 11 is 0. The van der Waals surface area contributed by atoms with Crippen molar-refractivity contribution >= 4 is 22.4 Å². The zero-order valence-corrected chi connectivity index (χ0v) is 22.4. The molecule has 1 unspecified atom stereocenters. The van der Waals surface area contributed by atoms with E-state index in [2.05, 4.69) is 16.8 Å². The molecule has 3 N–H and O–H groups in total. The van der Waals surface area contributed by atoms with Crippen LogP contribution in [0.15, 0.2) is 41.2 Å². The second kappa shape index (κ2) is 10.3. The number of aromatic nitrogens is 2. The number of rotatable bonds is 3. The average molecular weight is 589 g/mol. The largest absolute Gasteiger partial charge is 0.406 e. The van der Waals surface area contributed by atoms with Gasteiger partial charge in [-0.1, -0.05) is 30.4 Å². The van der Waals surface area contributed by atoms with Crippen LogP contribution in [0.3, 0.4) is 0 Å². The molecule has 1 aromatic heterocycles. The quantitative estimate of drug-likeness (QED) is 0.244. The van der Waals surface area contributed by atoms with Gasteiger partial charge in [0.15, 0.2) is 5.82 Å². The number of halogens is 4. The van der Waals surface area contributed by atoms with Crippen LogP contribution in [0.2, 0.25) is 0 Å². The number of nitrogens with zero attached hydrogens (tertiary/aromatic N) is 4. The van der Waals surface area contributed by atoms with Gasteiger partial charge in [0, 0.05) is 42.5 Å². The molecule has 6 rings (SSSR count). The molecule has 13 heteroatoms. The Hall–Kier alpha value is -3.54. The molecule has 1 saturated heterocycles. The summed E-state index contributed by atoms with van der Waals surface area (Å²) in [6, 6.07) is 8.50. The highest BCUT2D eigenvalue weighted by molar-refractivity contribution is 5.93. The molecule has 0 spiro atoms. The maximum atomic E-state index is 15.2. The molecular weight excluding hydrogens is 560 g/mol. The van der Waals surface area contributed by atoms with E-state index in [1.165, 1.54) is 17.0 Å². The Morgan fingerprint density at radius 3 is 2.52 bits per heavy atom. The molecule has 2 fully saturated rings. The number of anilines is 2. The van der Waals surface area contributed by atoms with Crippen LogP contribution in [0.1, 0.15) is 36.8 Å². The number of likely N-dealkylation sites (tertiary alicyclic amines) is 1. The lowest BCUT2D eigenvalue weighted by Crippen LogP contribution is -2.44. The molecule has 0 radical (unpaired) electrons. The van der Waals surface area contributed by atoms with Gasteiger partial charge >= 0.3 is 18.0 Å². The van der Waals surface area contributed by atoms with Gasteiger partial charge in [0.2, 0.25) is 0 Å². The SMILES string of the molecule is O=c1nc(N2CCOCc3c(C#CC4(C(F)(F)F)CCN(C5CCC5)C4)cccc32)c2c(F)cccc2n1C(O)(O)O. The van der Waals surface area contributed by atoms with Gasteiger partial charge in [0.1, 0.15) is 11.2 Å². The third-order valence-corrected chi connectivity index (χ3v) is 8.42. The highest BCUT2D eigenvalue weighted by Crippen LogP contribution is 2.47. The van der Waals surface area contributed by atoms with Crippen LogP contribution in [0.4, 0.5) is 29.1 Å². The number of aliphatic hydroxyl groups is 3. The summed E-state index contributed by atoms with van der Waals surface area (Å²) in [6.45, 7) is 0.313. The fourth-order valence-corrected chi connectivity index (χ4v) is 5.97. The van der Waals surface area contributed by atoms with Crippen molar-refractivity contribution in [3.8, 4) is 11.8 Å². The number of ether oxygens (including phenoxy) is 1. The second-order valence-electron chi connectivity index (χ2n) is 10.9. The van der Waals surface area contributed by atoms with Crippen LogP contribution in [0, 0.1) is 23.1 Å². The van der Waals surface area contributed by atoms with Gasteiger partial charge in [0.25, 0.3) is 0 Å². The molecule has 0 amide bonds. The zero-order valence-electron chi connectivity index (χ0n) is 22.4. The molecule has 2 aromatic carbocycles. The number of hydrogen-bond donors (Lipinski definition) is 3. The van der Waals surface area contributed by atoms with Crippen LogP contribution in [0.25, 0.3) is 10.9 Å². The molecule has 2 aliphatic heterocycles. The molecule has 1 saturated carbocycles. The van der Waals surface area contributed by atoms with E-state index in [-0.39, 0.29) is 60.1 Å². The molecule has 9 nitrogen and oxygen atoms in total. The first-order chi connectivity index (χ1) is 19.9. The Morgan fingerprint density at radius 1 is 1.07 bits per heavy atom. The van der Waals surface area contributed by atoms with Crippen molar-refractivity contribution in [3.63, 3.8) is 0 Å². The molecule has 1 atom stereocenters. The first-order valence-corrected chi connectivity index (χ1v) is 13.6. The van der Waals surface area contributed by atoms with Crippen molar-refractivity contribution in [2.45, 2.75) is 50.6 Å². The van der Waals surface area contributed by atoms with Crippen molar-refractivity contribution in [2.24, 2.45) is 5.41 Å². The van der Waals surface area contributed by atoms with Gasteiger partial charge in [-0.3, -0.25) is 4.90 Å². The summed E-state index contributed by atoms with van der Waals surface area (Å²) in [5, 5.41) is 29.0. The van der Waals surface area contributed by atoms with Gasteiger partial charge in [-0.2, -0.15) is 18.2 Å². The predicted octanol–water partition coefficient (Wildman–Crippen LogP) is 2.91. The van der Waals surface area contributed by atoms with Crippen molar-refractivity contribution < 1.29 is 37.6 Å². The lowest BCUT2D eigenvalue weighted by molar-refractivity contribution is -0.374. The standard InChI is InChI=1S/C29H28F4N4O5/c30-21-7-3-9-23-24(21)25(34-26(38)37(23)29(39,40)41)36-14-15-42-16-20-18(4-1-8-22(20)36)10-11-27(28(31,32)33)12-13-35(17-27)19-5-2-6-19/h1,3-4,7-9,19,39-41H,2,5-6,12-17H2.